The molecule has 0 unspecified atom stereocenters. The highest BCUT2D eigenvalue weighted by Gasteiger charge is 2.26. The Morgan fingerprint density at radius 3 is 2.60 bits per heavy atom. The van der Waals surface area contributed by atoms with Gasteiger partial charge in [0.1, 0.15) is 10.7 Å². The van der Waals surface area contributed by atoms with E-state index in [1.807, 2.05) is 11.8 Å². The fourth-order valence-electron chi connectivity index (χ4n) is 2.55. The normalized spacial score (nSPS) is 15.2. The largest absolute Gasteiger partial charge is 0.388 e. The average Bonchev–Trinajstić information content (AvgIpc) is 2.88. The van der Waals surface area contributed by atoms with Gasteiger partial charge in [0.05, 0.1) is 6.54 Å². The van der Waals surface area contributed by atoms with Gasteiger partial charge in [-0.1, -0.05) is 25.1 Å². The van der Waals surface area contributed by atoms with Crippen LogP contribution in [0.1, 0.15) is 37.1 Å². The lowest BCUT2D eigenvalue weighted by Crippen LogP contribution is -2.41. The van der Waals surface area contributed by atoms with Gasteiger partial charge in [-0.2, -0.15) is 0 Å². The number of nitrogens with two attached hydrogens (primary N) is 2. The number of aromatic nitrogens is 2. The zero-order valence-electron chi connectivity index (χ0n) is 11.5. The van der Waals surface area contributed by atoms with Gasteiger partial charge in [0, 0.05) is 11.7 Å². The lowest BCUT2D eigenvalue weighted by molar-refractivity contribution is -0.116. The number of carbonyl (C=O) groups excluding carboxylic acids is 1. The molecule has 1 aromatic rings. The highest BCUT2D eigenvalue weighted by molar-refractivity contribution is 7.80. The maximum atomic E-state index is 11.3. The Bertz CT molecular complexity index is 527. The molecule has 1 amide bonds. The molecule has 0 radical (unpaired) electrons. The molecule has 6 nitrogen and oxygen atoms in total. The van der Waals surface area contributed by atoms with Crippen LogP contribution in [-0.2, 0) is 4.79 Å². The van der Waals surface area contributed by atoms with Crippen LogP contribution in [-0.4, -0.2) is 33.5 Å². The Morgan fingerprint density at radius 2 is 2.05 bits per heavy atom. The van der Waals surface area contributed by atoms with E-state index in [1.165, 1.54) is 0 Å². The molecule has 108 valence electrons. The molecule has 1 fully saturated rings. The first-order valence-electron chi connectivity index (χ1n) is 6.68. The van der Waals surface area contributed by atoms with E-state index in [0.717, 1.165) is 31.4 Å². The number of thiocarbonyl (C=S) groups is 1. The maximum absolute atomic E-state index is 11.3. The quantitative estimate of drug-likeness (QED) is 0.774. The number of nitrogens with zero attached hydrogens (tertiary/aromatic N) is 3. The molecule has 1 heterocycles. The van der Waals surface area contributed by atoms with Crippen molar-refractivity contribution in [1.29, 1.82) is 0 Å². The van der Waals surface area contributed by atoms with Gasteiger partial charge in [-0.15, -0.1) is 0 Å². The molecule has 1 aromatic heterocycles. The van der Waals surface area contributed by atoms with Crippen molar-refractivity contribution in [2.24, 2.45) is 11.5 Å². The summed E-state index contributed by atoms with van der Waals surface area (Å²) in [6.07, 6.45) is 4.34. The highest BCUT2D eigenvalue weighted by atomic mass is 32.1. The van der Waals surface area contributed by atoms with Crippen molar-refractivity contribution in [3.05, 3.63) is 17.5 Å². The minimum atomic E-state index is -0.390. The number of hydrogen-bond acceptors (Lipinski definition) is 5. The van der Waals surface area contributed by atoms with Gasteiger partial charge in [-0.3, -0.25) is 4.79 Å². The van der Waals surface area contributed by atoms with E-state index >= 15 is 0 Å². The second kappa shape index (κ2) is 6.13. The van der Waals surface area contributed by atoms with Gasteiger partial charge in [-0.05, 0) is 25.8 Å². The predicted molar refractivity (Wildman–Crippen MR) is 81.5 cm³/mol. The third-order valence-corrected chi connectivity index (χ3v) is 3.65. The monoisotopic (exact) mass is 293 g/mol. The molecule has 0 spiro atoms. The molecule has 7 heteroatoms. The fraction of sp³-hybridized carbons (Fsp3) is 0.538. The summed E-state index contributed by atoms with van der Waals surface area (Å²) in [5.74, 6) is 0.0948. The van der Waals surface area contributed by atoms with E-state index in [0.29, 0.717) is 11.6 Å². The van der Waals surface area contributed by atoms with Gasteiger partial charge in [0.2, 0.25) is 11.9 Å². The third-order valence-electron chi connectivity index (χ3n) is 3.44. The van der Waals surface area contributed by atoms with Crippen molar-refractivity contribution in [3.63, 3.8) is 0 Å². The van der Waals surface area contributed by atoms with Crippen LogP contribution in [0.3, 0.4) is 0 Å². The molecule has 2 rings (SSSR count). The Kier molecular flexibility index (Phi) is 4.49. The second-order valence-corrected chi connectivity index (χ2v) is 5.53. The van der Waals surface area contributed by atoms with Crippen LogP contribution in [0.25, 0.3) is 0 Å². The van der Waals surface area contributed by atoms with Crippen molar-refractivity contribution >= 4 is 29.1 Å². The van der Waals surface area contributed by atoms with Crippen LogP contribution >= 0.6 is 12.2 Å². The lowest BCUT2D eigenvalue weighted by Gasteiger charge is -2.28. The van der Waals surface area contributed by atoms with Crippen LogP contribution in [0.15, 0.2) is 6.07 Å². The minimum absolute atomic E-state index is 0.116. The predicted octanol–water partition coefficient (Wildman–Crippen LogP) is 0.654. The van der Waals surface area contributed by atoms with Crippen LogP contribution in [0.4, 0.5) is 5.95 Å². The number of carbonyl (C=O) groups is 1. The summed E-state index contributed by atoms with van der Waals surface area (Å²) in [6.45, 7) is 1.97. The van der Waals surface area contributed by atoms with Crippen LogP contribution in [0.2, 0.25) is 0 Å². The first kappa shape index (κ1) is 14.6. The molecule has 0 aromatic carbocycles. The molecular formula is C13H19N5OS. The number of amides is 1. The molecule has 1 saturated carbocycles. The Labute approximate surface area is 123 Å². The SMILES string of the molecule is Cc1cc(C(N)=S)nc(N(CC(N)=O)C2CCCC2)n1. The summed E-state index contributed by atoms with van der Waals surface area (Å²) in [7, 11) is 0. The first-order valence-corrected chi connectivity index (χ1v) is 7.08. The first-order chi connectivity index (χ1) is 9.47. The van der Waals surface area contributed by atoms with Crippen molar-refractivity contribution in [1.82, 2.24) is 9.97 Å². The number of primary amides is 1. The van der Waals surface area contributed by atoms with Crippen molar-refractivity contribution < 1.29 is 4.79 Å². The zero-order valence-corrected chi connectivity index (χ0v) is 12.3. The summed E-state index contributed by atoms with van der Waals surface area (Å²) in [5, 5.41) is 0. The number of rotatable bonds is 5. The van der Waals surface area contributed by atoms with Gasteiger partial charge in [0.15, 0.2) is 0 Å². The van der Waals surface area contributed by atoms with Crippen molar-refractivity contribution in [3.8, 4) is 0 Å². The number of anilines is 1. The van der Waals surface area contributed by atoms with E-state index in [-0.39, 0.29) is 23.5 Å². The van der Waals surface area contributed by atoms with Gasteiger partial charge >= 0.3 is 0 Å². The van der Waals surface area contributed by atoms with E-state index in [1.54, 1.807) is 6.07 Å². The fourth-order valence-corrected chi connectivity index (χ4v) is 2.66. The van der Waals surface area contributed by atoms with Crippen LogP contribution in [0.5, 0.6) is 0 Å². The Hall–Kier alpha value is -1.76. The number of aryl methyl sites for hydroxylation is 1. The topological polar surface area (TPSA) is 98.1 Å². The van der Waals surface area contributed by atoms with E-state index in [4.69, 9.17) is 23.7 Å². The number of hydrogen-bond donors (Lipinski definition) is 2. The Balaban J connectivity index is 2.36. The van der Waals surface area contributed by atoms with Crippen LogP contribution in [0, 0.1) is 6.92 Å². The molecule has 1 aliphatic carbocycles. The summed E-state index contributed by atoms with van der Waals surface area (Å²) in [5.41, 5.74) is 12.3. The molecule has 0 bridgehead atoms. The molecule has 0 atom stereocenters. The van der Waals surface area contributed by atoms with Gasteiger partial charge in [0.25, 0.3) is 0 Å². The molecule has 0 saturated heterocycles. The Morgan fingerprint density at radius 1 is 1.40 bits per heavy atom. The lowest BCUT2D eigenvalue weighted by atomic mass is 10.2. The van der Waals surface area contributed by atoms with E-state index in [2.05, 4.69) is 9.97 Å². The average molecular weight is 293 g/mol. The van der Waals surface area contributed by atoms with E-state index in [9.17, 15) is 4.79 Å². The molecule has 0 aliphatic heterocycles. The molecule has 20 heavy (non-hydrogen) atoms. The summed E-state index contributed by atoms with van der Waals surface area (Å²) >= 11 is 4.97. The van der Waals surface area contributed by atoms with Gasteiger partial charge < -0.3 is 16.4 Å². The van der Waals surface area contributed by atoms with Gasteiger partial charge in [-0.25, -0.2) is 9.97 Å². The standard InChI is InChI=1S/C13H19N5OS/c1-8-6-10(12(15)20)17-13(16-8)18(7-11(14)19)9-4-2-3-5-9/h6,9H,2-5,7H2,1H3,(H2,14,19)(H2,15,20). The smallest absolute Gasteiger partial charge is 0.237 e. The maximum Gasteiger partial charge on any atom is 0.237 e. The highest BCUT2D eigenvalue weighted by Crippen LogP contribution is 2.26. The zero-order chi connectivity index (χ0) is 14.7. The molecular weight excluding hydrogens is 274 g/mol. The van der Waals surface area contributed by atoms with E-state index < -0.39 is 0 Å². The summed E-state index contributed by atoms with van der Waals surface area (Å²) in [4.78, 5) is 22.2. The summed E-state index contributed by atoms with van der Waals surface area (Å²) in [6, 6.07) is 1.99. The van der Waals surface area contributed by atoms with Crippen molar-refractivity contribution in [2.75, 3.05) is 11.4 Å². The molecule has 4 N–H and O–H groups in total. The minimum Gasteiger partial charge on any atom is -0.388 e. The summed E-state index contributed by atoms with van der Waals surface area (Å²) < 4.78 is 0. The second-order valence-electron chi connectivity index (χ2n) is 5.09. The van der Waals surface area contributed by atoms with Crippen LogP contribution < -0.4 is 16.4 Å². The third kappa shape index (κ3) is 3.41. The van der Waals surface area contributed by atoms with Crippen molar-refractivity contribution in [2.45, 2.75) is 38.6 Å². The molecule has 1 aliphatic rings.